The zero-order valence-corrected chi connectivity index (χ0v) is 12.2. The molecule has 0 spiro atoms. The number of rotatable bonds is 1. The highest BCUT2D eigenvalue weighted by Crippen LogP contribution is 2.54. The zero-order valence-electron chi connectivity index (χ0n) is 12.2. The first-order chi connectivity index (χ1) is 9.62. The molecule has 0 aromatic heterocycles. The van der Waals surface area contributed by atoms with Crippen LogP contribution in [0.25, 0.3) is 0 Å². The molecule has 1 aliphatic heterocycles. The summed E-state index contributed by atoms with van der Waals surface area (Å²) in [6, 6.07) is 13.1. The van der Waals surface area contributed by atoms with Crippen LogP contribution in [0.3, 0.4) is 0 Å². The fourth-order valence-corrected chi connectivity index (χ4v) is 4.04. The van der Waals surface area contributed by atoms with Gasteiger partial charge in [-0.15, -0.1) is 0 Å². The molecule has 0 fully saturated rings. The molecule has 102 valence electrons. The van der Waals surface area contributed by atoms with Gasteiger partial charge in [0.1, 0.15) is 5.75 Å². The summed E-state index contributed by atoms with van der Waals surface area (Å²) in [5.74, 6) is 1.40. The number of benzene rings is 2. The second-order valence-electron chi connectivity index (χ2n) is 6.25. The highest BCUT2D eigenvalue weighted by Gasteiger charge is 2.49. The number of methoxy groups -OCH3 is 1. The van der Waals surface area contributed by atoms with Crippen LogP contribution in [0, 0.1) is 6.92 Å². The van der Waals surface area contributed by atoms with E-state index in [0.717, 1.165) is 12.2 Å². The number of ether oxygens (including phenoxy) is 1. The van der Waals surface area contributed by atoms with Crippen molar-refractivity contribution in [1.82, 2.24) is 0 Å². The van der Waals surface area contributed by atoms with E-state index >= 15 is 0 Å². The third-order valence-electron chi connectivity index (χ3n) is 4.90. The maximum absolute atomic E-state index is 5.47. The Morgan fingerprint density at radius 3 is 2.80 bits per heavy atom. The minimum absolute atomic E-state index is 0.100. The Kier molecular flexibility index (Phi) is 2.24. The van der Waals surface area contributed by atoms with E-state index < -0.39 is 0 Å². The van der Waals surface area contributed by atoms with Crippen LogP contribution in [-0.4, -0.2) is 12.6 Å². The maximum Gasteiger partial charge on any atom is 0.119 e. The molecule has 2 aromatic rings. The fraction of sp³-hybridized carbons (Fsp3) is 0.333. The molecule has 0 bridgehead atoms. The van der Waals surface area contributed by atoms with Crippen LogP contribution in [0.4, 0.5) is 5.69 Å². The van der Waals surface area contributed by atoms with Crippen molar-refractivity contribution in [3.8, 4) is 5.75 Å². The lowest BCUT2D eigenvalue weighted by Crippen LogP contribution is -2.34. The summed E-state index contributed by atoms with van der Waals surface area (Å²) >= 11 is 0. The Morgan fingerprint density at radius 2 is 2.00 bits per heavy atom. The second-order valence-corrected chi connectivity index (χ2v) is 6.25. The lowest BCUT2D eigenvalue weighted by Gasteiger charge is -2.25. The van der Waals surface area contributed by atoms with Crippen LogP contribution < -0.4 is 10.1 Å². The van der Waals surface area contributed by atoms with E-state index in [1.165, 1.54) is 27.9 Å². The van der Waals surface area contributed by atoms with Crippen molar-refractivity contribution in [3.63, 3.8) is 0 Å². The lowest BCUT2D eigenvalue weighted by molar-refractivity contribution is 0.413. The monoisotopic (exact) mass is 265 g/mol. The molecule has 2 aromatic carbocycles. The van der Waals surface area contributed by atoms with Gasteiger partial charge in [0.25, 0.3) is 0 Å². The van der Waals surface area contributed by atoms with Gasteiger partial charge in [-0.05, 0) is 60.7 Å². The Hall–Kier alpha value is -1.96. The average Bonchev–Trinajstić information content (AvgIpc) is 2.87. The summed E-state index contributed by atoms with van der Waals surface area (Å²) in [7, 11) is 1.75. The number of fused-ring (bicyclic) bond motifs is 5. The molecule has 1 heterocycles. The van der Waals surface area contributed by atoms with Gasteiger partial charge < -0.3 is 10.1 Å². The predicted octanol–water partition coefficient (Wildman–Crippen LogP) is 3.88. The van der Waals surface area contributed by atoms with Crippen LogP contribution in [0.15, 0.2) is 36.4 Å². The summed E-state index contributed by atoms with van der Waals surface area (Å²) in [6.45, 7) is 4.53. The molecule has 1 aliphatic carbocycles. The molecule has 2 atom stereocenters. The fourth-order valence-electron chi connectivity index (χ4n) is 4.04. The van der Waals surface area contributed by atoms with Gasteiger partial charge >= 0.3 is 0 Å². The lowest BCUT2D eigenvalue weighted by atomic mass is 9.85. The number of anilines is 1. The maximum atomic E-state index is 5.47. The van der Waals surface area contributed by atoms with Gasteiger partial charge in [-0.3, -0.25) is 0 Å². The zero-order chi connectivity index (χ0) is 13.9. The predicted molar refractivity (Wildman–Crippen MR) is 81.7 cm³/mol. The number of nitrogens with one attached hydrogen (secondary N) is 1. The molecule has 20 heavy (non-hydrogen) atoms. The van der Waals surface area contributed by atoms with E-state index in [4.69, 9.17) is 4.74 Å². The molecule has 0 unspecified atom stereocenters. The minimum atomic E-state index is 0.100. The first-order valence-electron chi connectivity index (χ1n) is 7.17. The van der Waals surface area contributed by atoms with E-state index in [1.807, 2.05) is 0 Å². The van der Waals surface area contributed by atoms with Gasteiger partial charge in [0.05, 0.1) is 7.11 Å². The normalized spacial score (nSPS) is 25.6. The molecular weight excluding hydrogens is 246 g/mol. The number of para-hydroxylation sites is 1. The first-order valence-corrected chi connectivity index (χ1v) is 7.17. The van der Waals surface area contributed by atoms with Gasteiger partial charge in [-0.25, -0.2) is 0 Å². The molecule has 2 nitrogen and oxygen atoms in total. The highest BCUT2D eigenvalue weighted by atomic mass is 16.5. The first kappa shape index (κ1) is 11.8. The summed E-state index contributed by atoms with van der Waals surface area (Å²) in [4.78, 5) is 0. The Morgan fingerprint density at radius 1 is 1.20 bits per heavy atom. The van der Waals surface area contributed by atoms with Crippen molar-refractivity contribution in [3.05, 3.63) is 58.7 Å². The third kappa shape index (κ3) is 1.39. The molecule has 0 radical (unpaired) electrons. The molecule has 0 saturated heterocycles. The van der Waals surface area contributed by atoms with E-state index in [-0.39, 0.29) is 5.54 Å². The van der Waals surface area contributed by atoms with Crippen LogP contribution in [0.2, 0.25) is 0 Å². The Bertz CT molecular complexity index is 707. The van der Waals surface area contributed by atoms with E-state index in [9.17, 15) is 0 Å². The number of hydrogen-bond donors (Lipinski definition) is 1. The van der Waals surface area contributed by atoms with Crippen LogP contribution in [0.1, 0.15) is 35.1 Å². The molecule has 2 aliphatic rings. The molecular formula is C18H19NO. The quantitative estimate of drug-likeness (QED) is 0.845. The topological polar surface area (TPSA) is 21.3 Å². The third-order valence-corrected chi connectivity index (χ3v) is 4.90. The van der Waals surface area contributed by atoms with Gasteiger partial charge in [0.2, 0.25) is 0 Å². The van der Waals surface area contributed by atoms with Gasteiger partial charge in [-0.2, -0.15) is 0 Å². The molecule has 0 amide bonds. The van der Waals surface area contributed by atoms with E-state index in [1.54, 1.807) is 7.11 Å². The summed E-state index contributed by atoms with van der Waals surface area (Å²) in [5, 5.41) is 3.74. The largest absolute Gasteiger partial charge is 0.497 e. The highest BCUT2D eigenvalue weighted by molar-refractivity contribution is 5.69. The molecule has 1 N–H and O–H groups in total. The average molecular weight is 265 g/mol. The number of aryl methyl sites for hydroxylation is 1. The molecule has 0 saturated carbocycles. The van der Waals surface area contributed by atoms with E-state index in [2.05, 4.69) is 55.6 Å². The van der Waals surface area contributed by atoms with Gasteiger partial charge in [0.15, 0.2) is 0 Å². The Labute approximate surface area is 119 Å². The van der Waals surface area contributed by atoms with Crippen molar-refractivity contribution in [2.24, 2.45) is 0 Å². The van der Waals surface area contributed by atoms with Crippen molar-refractivity contribution >= 4 is 5.69 Å². The van der Waals surface area contributed by atoms with Crippen LogP contribution >= 0.6 is 0 Å². The van der Waals surface area contributed by atoms with Crippen molar-refractivity contribution in [2.75, 3.05) is 12.4 Å². The van der Waals surface area contributed by atoms with Gasteiger partial charge in [-0.1, -0.05) is 18.2 Å². The molecule has 2 heteroatoms. The standard InChI is InChI=1S/C18H19NO/c1-11-8-12(20-3)9-14-15(11)10-18(2)17(14)13-6-4-5-7-16(13)19-18/h4-9,17,19H,10H2,1-3H3/t17-,18+/m1/s1. The minimum Gasteiger partial charge on any atom is -0.497 e. The van der Waals surface area contributed by atoms with Crippen molar-refractivity contribution in [2.45, 2.75) is 31.7 Å². The SMILES string of the molecule is COc1cc(C)c2c(c1)[C@H]1c3ccccc3N[C@@]1(C)C2. The molecule has 4 rings (SSSR count). The van der Waals surface area contributed by atoms with Crippen LogP contribution in [0.5, 0.6) is 5.75 Å². The summed E-state index contributed by atoms with van der Waals surface area (Å²) in [6.07, 6.45) is 1.08. The van der Waals surface area contributed by atoms with Gasteiger partial charge in [0, 0.05) is 17.1 Å². The Balaban J connectivity index is 1.96. The van der Waals surface area contributed by atoms with Crippen molar-refractivity contribution < 1.29 is 4.74 Å². The van der Waals surface area contributed by atoms with Crippen molar-refractivity contribution in [1.29, 1.82) is 0 Å². The van der Waals surface area contributed by atoms with Crippen LogP contribution in [-0.2, 0) is 6.42 Å². The van der Waals surface area contributed by atoms with E-state index in [0.29, 0.717) is 5.92 Å². The summed E-state index contributed by atoms with van der Waals surface area (Å²) < 4.78 is 5.47. The smallest absolute Gasteiger partial charge is 0.119 e. The number of hydrogen-bond acceptors (Lipinski definition) is 2. The summed E-state index contributed by atoms with van der Waals surface area (Å²) in [5.41, 5.74) is 7.06. The second kappa shape index (κ2) is 3.78.